The van der Waals surface area contributed by atoms with E-state index in [1.807, 2.05) is 0 Å². The van der Waals surface area contributed by atoms with Crippen molar-refractivity contribution in [1.82, 2.24) is 5.32 Å². The molecule has 0 saturated heterocycles. The van der Waals surface area contributed by atoms with Crippen LogP contribution in [-0.4, -0.2) is 41.5 Å². The van der Waals surface area contributed by atoms with E-state index in [1.54, 1.807) is 52.7 Å². The molecule has 0 aliphatic carbocycles. The number of methoxy groups -OCH3 is 5. The molecule has 2 aromatic rings. The van der Waals surface area contributed by atoms with Crippen LogP contribution in [0.2, 0.25) is 0 Å². The van der Waals surface area contributed by atoms with Crippen LogP contribution >= 0.6 is 31.9 Å². The number of carbonyl (C=O) groups excluding carboxylic acids is 1. The molecule has 0 unspecified atom stereocenters. The van der Waals surface area contributed by atoms with Gasteiger partial charge in [-0.3, -0.25) is 4.79 Å². The van der Waals surface area contributed by atoms with Gasteiger partial charge in [0.25, 0.3) is 0 Å². The molecule has 30 heavy (non-hydrogen) atoms. The van der Waals surface area contributed by atoms with Crippen LogP contribution in [0.5, 0.6) is 28.7 Å². The first-order valence-corrected chi connectivity index (χ1v) is 10.3. The van der Waals surface area contributed by atoms with Crippen LogP contribution in [0.25, 0.3) is 6.08 Å². The number of carbonyl (C=O) groups is 1. The SMILES string of the molecule is COc1cc(CNC(=O)/C=C/c2cc(OC)c(OC)c(Br)c2Br)cc(OC)c1OC. The largest absolute Gasteiger partial charge is 0.493 e. The van der Waals surface area contributed by atoms with Gasteiger partial charge in [-0.25, -0.2) is 0 Å². The van der Waals surface area contributed by atoms with Gasteiger partial charge in [-0.05, 0) is 67.3 Å². The molecule has 0 aromatic heterocycles. The lowest BCUT2D eigenvalue weighted by atomic mass is 10.1. The quantitative estimate of drug-likeness (QED) is 0.466. The van der Waals surface area contributed by atoms with Crippen molar-refractivity contribution in [1.29, 1.82) is 0 Å². The van der Waals surface area contributed by atoms with Crippen molar-refractivity contribution in [2.75, 3.05) is 35.5 Å². The molecule has 0 fully saturated rings. The molecule has 0 aliphatic heterocycles. The Balaban J connectivity index is 2.15. The van der Waals surface area contributed by atoms with Crippen LogP contribution in [-0.2, 0) is 11.3 Å². The maximum absolute atomic E-state index is 12.3. The minimum atomic E-state index is -0.262. The fraction of sp³-hybridized carbons (Fsp3) is 0.286. The normalized spacial score (nSPS) is 10.6. The molecule has 0 aliphatic rings. The van der Waals surface area contributed by atoms with Gasteiger partial charge in [-0.2, -0.15) is 0 Å². The summed E-state index contributed by atoms with van der Waals surface area (Å²) >= 11 is 6.97. The predicted octanol–water partition coefficient (Wildman–Crippen LogP) is 4.58. The minimum Gasteiger partial charge on any atom is -0.493 e. The van der Waals surface area contributed by atoms with Gasteiger partial charge in [0.1, 0.15) is 0 Å². The molecule has 1 amide bonds. The first-order valence-electron chi connectivity index (χ1n) is 8.74. The Morgan fingerprint density at radius 1 is 0.833 bits per heavy atom. The molecule has 2 aromatic carbocycles. The smallest absolute Gasteiger partial charge is 0.244 e. The van der Waals surface area contributed by atoms with Gasteiger partial charge >= 0.3 is 0 Å². The van der Waals surface area contributed by atoms with Crippen LogP contribution in [0.3, 0.4) is 0 Å². The van der Waals surface area contributed by atoms with Gasteiger partial charge in [-0.1, -0.05) is 0 Å². The zero-order chi connectivity index (χ0) is 22.3. The van der Waals surface area contributed by atoms with E-state index in [0.29, 0.717) is 33.2 Å². The second kappa shape index (κ2) is 11.1. The van der Waals surface area contributed by atoms with Crippen LogP contribution in [0, 0.1) is 0 Å². The number of halogens is 2. The highest BCUT2D eigenvalue weighted by Gasteiger charge is 2.16. The van der Waals surface area contributed by atoms with Crippen molar-refractivity contribution < 1.29 is 28.5 Å². The van der Waals surface area contributed by atoms with Gasteiger partial charge in [0.05, 0.1) is 40.0 Å². The summed E-state index contributed by atoms with van der Waals surface area (Å²) in [6.07, 6.45) is 3.12. The standard InChI is InChI=1S/C21H23Br2NO6/c1-26-14-8-12(9-15(27-2)20(14)29-4)11-24-17(25)7-6-13-10-16(28-3)21(30-5)19(23)18(13)22/h6-10H,11H2,1-5H3,(H,24,25)/b7-6+. The number of hydrogen-bond donors (Lipinski definition) is 1. The average molecular weight is 545 g/mol. The highest BCUT2D eigenvalue weighted by Crippen LogP contribution is 2.43. The summed E-state index contributed by atoms with van der Waals surface area (Å²) in [5, 5.41) is 2.83. The molecule has 0 radical (unpaired) electrons. The van der Waals surface area contributed by atoms with Crippen LogP contribution < -0.4 is 29.0 Å². The Bertz CT molecular complexity index is 921. The number of nitrogens with one attached hydrogen (secondary N) is 1. The fourth-order valence-corrected chi connectivity index (χ4v) is 3.73. The molecule has 2 rings (SSSR count). The summed E-state index contributed by atoms with van der Waals surface area (Å²) in [6.45, 7) is 0.288. The van der Waals surface area contributed by atoms with E-state index < -0.39 is 0 Å². The highest BCUT2D eigenvalue weighted by atomic mass is 79.9. The molecule has 0 saturated carbocycles. The number of hydrogen-bond acceptors (Lipinski definition) is 6. The minimum absolute atomic E-state index is 0.262. The first-order chi connectivity index (χ1) is 14.4. The molecule has 7 nitrogen and oxygen atoms in total. The molecule has 0 bridgehead atoms. The summed E-state index contributed by atoms with van der Waals surface area (Å²) in [5.41, 5.74) is 1.56. The summed E-state index contributed by atoms with van der Waals surface area (Å²) in [5.74, 6) is 2.39. The Morgan fingerprint density at radius 2 is 1.37 bits per heavy atom. The van der Waals surface area contributed by atoms with Gasteiger partial charge in [0.15, 0.2) is 23.0 Å². The zero-order valence-corrected chi connectivity index (χ0v) is 20.5. The third-order valence-electron chi connectivity index (χ3n) is 4.19. The zero-order valence-electron chi connectivity index (χ0n) is 17.3. The summed E-state index contributed by atoms with van der Waals surface area (Å²) in [6, 6.07) is 5.34. The number of benzene rings is 2. The molecule has 9 heteroatoms. The van der Waals surface area contributed by atoms with E-state index in [9.17, 15) is 4.79 Å². The second-order valence-electron chi connectivity index (χ2n) is 5.91. The Labute approximate surface area is 192 Å². The Morgan fingerprint density at radius 3 is 1.87 bits per heavy atom. The molecule has 0 atom stereocenters. The lowest BCUT2D eigenvalue weighted by Crippen LogP contribution is -2.20. The average Bonchev–Trinajstić information content (AvgIpc) is 2.77. The maximum atomic E-state index is 12.3. The second-order valence-corrected chi connectivity index (χ2v) is 7.50. The third kappa shape index (κ3) is 5.40. The summed E-state index contributed by atoms with van der Waals surface area (Å²) < 4.78 is 28.1. The van der Waals surface area contributed by atoms with Crippen LogP contribution in [0.15, 0.2) is 33.2 Å². The number of rotatable bonds is 9. The maximum Gasteiger partial charge on any atom is 0.244 e. The van der Waals surface area contributed by atoms with Crippen molar-refractivity contribution in [2.24, 2.45) is 0 Å². The van der Waals surface area contributed by atoms with Gasteiger partial charge in [-0.15, -0.1) is 0 Å². The lowest BCUT2D eigenvalue weighted by molar-refractivity contribution is -0.116. The van der Waals surface area contributed by atoms with E-state index in [0.717, 1.165) is 15.6 Å². The monoisotopic (exact) mass is 543 g/mol. The van der Waals surface area contributed by atoms with E-state index in [1.165, 1.54) is 13.2 Å². The third-order valence-corrected chi connectivity index (χ3v) is 6.33. The van der Waals surface area contributed by atoms with Crippen molar-refractivity contribution in [2.45, 2.75) is 6.54 Å². The van der Waals surface area contributed by atoms with Gasteiger partial charge in [0.2, 0.25) is 11.7 Å². The topological polar surface area (TPSA) is 75.3 Å². The number of amides is 1. The van der Waals surface area contributed by atoms with Gasteiger partial charge in [0, 0.05) is 17.1 Å². The van der Waals surface area contributed by atoms with Crippen LogP contribution in [0.4, 0.5) is 0 Å². The Hall–Kier alpha value is -2.39. The molecule has 1 N–H and O–H groups in total. The van der Waals surface area contributed by atoms with Crippen LogP contribution in [0.1, 0.15) is 11.1 Å². The molecular formula is C21H23Br2NO6. The highest BCUT2D eigenvalue weighted by molar-refractivity contribution is 9.13. The lowest BCUT2D eigenvalue weighted by Gasteiger charge is -2.14. The van der Waals surface area contributed by atoms with Gasteiger partial charge < -0.3 is 29.0 Å². The van der Waals surface area contributed by atoms with E-state index in [4.69, 9.17) is 23.7 Å². The van der Waals surface area contributed by atoms with Crippen molar-refractivity contribution >= 4 is 43.8 Å². The molecule has 0 spiro atoms. The van der Waals surface area contributed by atoms with E-state index >= 15 is 0 Å². The predicted molar refractivity (Wildman–Crippen MR) is 122 cm³/mol. The molecule has 0 heterocycles. The summed E-state index contributed by atoms with van der Waals surface area (Å²) in [7, 11) is 7.73. The molecular weight excluding hydrogens is 522 g/mol. The Kier molecular flexibility index (Phi) is 8.86. The van der Waals surface area contributed by atoms with Crippen molar-refractivity contribution in [3.8, 4) is 28.7 Å². The fourth-order valence-electron chi connectivity index (χ4n) is 2.72. The van der Waals surface area contributed by atoms with Crippen molar-refractivity contribution in [3.63, 3.8) is 0 Å². The number of ether oxygens (including phenoxy) is 5. The van der Waals surface area contributed by atoms with Crippen molar-refractivity contribution in [3.05, 3.63) is 44.3 Å². The summed E-state index contributed by atoms with van der Waals surface area (Å²) in [4.78, 5) is 12.3. The molecule has 162 valence electrons. The van der Waals surface area contributed by atoms with E-state index in [-0.39, 0.29) is 12.5 Å². The van der Waals surface area contributed by atoms with E-state index in [2.05, 4.69) is 37.2 Å². The first kappa shape index (κ1) is 23.9.